The number of carbonyl (C=O) groups is 1. The van der Waals surface area contributed by atoms with Crippen molar-refractivity contribution in [2.24, 2.45) is 0 Å². The first-order valence-corrected chi connectivity index (χ1v) is 4.13. The van der Waals surface area contributed by atoms with Crippen LogP contribution in [-0.4, -0.2) is 67.6 Å². The topological polar surface area (TPSA) is 57.5 Å². The van der Waals surface area contributed by atoms with Gasteiger partial charge in [-0.2, -0.15) is 0 Å². The Morgan fingerprint density at radius 3 is 2.27 bits per heavy atom. The second kappa shape index (κ2) is 5.09. The number of phenolic OH excluding ortho intramolecular Hbond substituents is 1. The maximum atomic E-state index is 10.7. The van der Waals surface area contributed by atoms with Crippen molar-refractivity contribution < 1.29 is 15.0 Å². The predicted molar refractivity (Wildman–Crippen MR) is 59.7 cm³/mol. The summed E-state index contributed by atoms with van der Waals surface area (Å²) >= 11 is 0. The number of hydrogen-bond donors (Lipinski definition) is 2. The summed E-state index contributed by atoms with van der Waals surface area (Å²) in [6.45, 7) is 0. The second-order valence-electron chi connectivity index (χ2n) is 3.05. The molecule has 0 aromatic heterocycles. The Hall–Kier alpha value is -0.394. The molecule has 0 fully saturated rings. The maximum absolute atomic E-state index is 10.7. The molecule has 0 radical (unpaired) electrons. The van der Waals surface area contributed by atoms with Gasteiger partial charge in [0.25, 0.3) is 0 Å². The fourth-order valence-electron chi connectivity index (χ4n) is 1.37. The molecule has 0 saturated carbocycles. The van der Waals surface area contributed by atoms with E-state index in [1.807, 2.05) is 0 Å². The quantitative estimate of drug-likeness (QED) is 0.729. The predicted octanol–water partition coefficient (Wildman–Crippen LogP) is 1.60. The van der Waals surface area contributed by atoms with Crippen LogP contribution in [0.3, 0.4) is 0 Å². The van der Waals surface area contributed by atoms with E-state index in [9.17, 15) is 9.90 Å². The molecule has 4 heteroatoms. The van der Waals surface area contributed by atoms with Gasteiger partial charge in [-0.1, -0.05) is 12.1 Å². The van der Waals surface area contributed by atoms with Gasteiger partial charge >= 0.3 is 57.4 Å². The standard InChI is InChI=1S/C11H8O3.K.H/c12-10-4-3-7-5-9(11(13)14)2-1-8(7)6-10;;/h1-6,12H,(H,13,14);;. The molecule has 0 unspecified atom stereocenters. The zero-order valence-electron chi connectivity index (χ0n) is 7.27. The molecule has 72 valence electrons. The van der Waals surface area contributed by atoms with Gasteiger partial charge < -0.3 is 10.2 Å². The summed E-state index contributed by atoms with van der Waals surface area (Å²) < 4.78 is 0. The molecule has 0 aliphatic heterocycles. The number of rotatable bonds is 1. The zero-order chi connectivity index (χ0) is 10.1. The summed E-state index contributed by atoms with van der Waals surface area (Å²) in [5, 5.41) is 19.6. The Bertz CT molecular complexity index is 508. The Balaban J connectivity index is 0.00000112. The number of hydrogen-bond acceptors (Lipinski definition) is 2. The van der Waals surface area contributed by atoms with Crippen LogP contribution in [0.2, 0.25) is 0 Å². The molecule has 0 aliphatic rings. The molecule has 3 nitrogen and oxygen atoms in total. The van der Waals surface area contributed by atoms with Gasteiger partial charge in [0.2, 0.25) is 0 Å². The van der Waals surface area contributed by atoms with Crippen LogP contribution in [-0.2, 0) is 0 Å². The molecule has 2 N–H and O–H groups in total. The van der Waals surface area contributed by atoms with Crippen molar-refractivity contribution in [3.05, 3.63) is 42.0 Å². The number of aromatic carboxylic acids is 1. The SMILES string of the molecule is O=C(O)c1ccc2cc(O)ccc2c1.[KH]. The second-order valence-corrected chi connectivity index (χ2v) is 3.05. The van der Waals surface area contributed by atoms with Gasteiger partial charge in [0.1, 0.15) is 5.75 Å². The van der Waals surface area contributed by atoms with Gasteiger partial charge in [-0.3, -0.25) is 0 Å². The molecule has 2 rings (SSSR count). The Morgan fingerprint density at radius 1 is 1.00 bits per heavy atom. The monoisotopic (exact) mass is 228 g/mol. The van der Waals surface area contributed by atoms with Gasteiger partial charge in [-0.05, 0) is 35.0 Å². The minimum atomic E-state index is -0.944. The molecule has 2 aromatic rings. The van der Waals surface area contributed by atoms with E-state index in [2.05, 4.69) is 0 Å². The molecule has 0 bridgehead atoms. The molecule has 0 atom stereocenters. The van der Waals surface area contributed by atoms with Crippen molar-refractivity contribution in [3.63, 3.8) is 0 Å². The van der Waals surface area contributed by atoms with Gasteiger partial charge in [-0.25, -0.2) is 4.79 Å². The Kier molecular flexibility index (Phi) is 4.30. The van der Waals surface area contributed by atoms with Crippen LogP contribution in [0.25, 0.3) is 10.8 Å². The molecule has 2 aromatic carbocycles. The zero-order valence-corrected chi connectivity index (χ0v) is 7.27. The summed E-state index contributed by atoms with van der Waals surface area (Å²) in [7, 11) is 0. The van der Waals surface area contributed by atoms with E-state index in [4.69, 9.17) is 5.11 Å². The van der Waals surface area contributed by atoms with E-state index >= 15 is 0 Å². The van der Waals surface area contributed by atoms with Crippen LogP contribution in [0.5, 0.6) is 5.75 Å². The number of fused-ring (bicyclic) bond motifs is 1. The van der Waals surface area contributed by atoms with Gasteiger partial charge in [0.15, 0.2) is 0 Å². The van der Waals surface area contributed by atoms with Crippen molar-refractivity contribution in [2.75, 3.05) is 0 Å². The summed E-state index contributed by atoms with van der Waals surface area (Å²) in [6.07, 6.45) is 0. The third kappa shape index (κ3) is 2.80. The average molecular weight is 228 g/mol. The van der Waals surface area contributed by atoms with Gasteiger partial charge in [-0.15, -0.1) is 0 Å². The fourth-order valence-corrected chi connectivity index (χ4v) is 1.37. The number of carboxylic acids is 1. The van der Waals surface area contributed by atoms with Crippen LogP contribution >= 0.6 is 0 Å². The van der Waals surface area contributed by atoms with Crippen molar-refractivity contribution in [2.45, 2.75) is 0 Å². The van der Waals surface area contributed by atoms with Crippen molar-refractivity contribution in [1.29, 1.82) is 0 Å². The number of phenols is 1. The van der Waals surface area contributed by atoms with E-state index in [-0.39, 0.29) is 62.7 Å². The first-order chi connectivity index (χ1) is 6.66. The molecule has 0 heterocycles. The van der Waals surface area contributed by atoms with E-state index in [1.54, 1.807) is 24.3 Å². The van der Waals surface area contributed by atoms with Crippen LogP contribution in [0, 0.1) is 0 Å². The first-order valence-electron chi connectivity index (χ1n) is 4.13. The summed E-state index contributed by atoms with van der Waals surface area (Å²) in [5.41, 5.74) is 0.253. The normalized spacial score (nSPS) is 9.60. The molecule has 15 heavy (non-hydrogen) atoms. The van der Waals surface area contributed by atoms with E-state index in [1.165, 1.54) is 12.1 Å². The van der Waals surface area contributed by atoms with E-state index < -0.39 is 5.97 Å². The first kappa shape index (κ1) is 12.7. The van der Waals surface area contributed by atoms with Crippen LogP contribution in [0.4, 0.5) is 0 Å². The summed E-state index contributed by atoms with van der Waals surface area (Å²) in [6, 6.07) is 9.60. The van der Waals surface area contributed by atoms with E-state index in [0.717, 1.165) is 10.8 Å². The van der Waals surface area contributed by atoms with Gasteiger partial charge in [0.05, 0.1) is 5.56 Å². The molecule has 0 amide bonds. The number of benzene rings is 2. The van der Waals surface area contributed by atoms with Crippen molar-refractivity contribution in [1.82, 2.24) is 0 Å². The van der Waals surface area contributed by atoms with Crippen LogP contribution in [0.15, 0.2) is 36.4 Å². The molecular weight excluding hydrogens is 219 g/mol. The number of carboxylic acid groups (broad SMARTS) is 1. The molecule has 0 spiro atoms. The molecule has 0 aliphatic carbocycles. The van der Waals surface area contributed by atoms with Crippen molar-refractivity contribution >= 4 is 68.1 Å². The van der Waals surface area contributed by atoms with E-state index in [0.29, 0.717) is 0 Å². The summed E-state index contributed by atoms with van der Waals surface area (Å²) in [5.74, 6) is -0.763. The molecular formula is C11H9KO3. The molecule has 0 saturated heterocycles. The van der Waals surface area contributed by atoms with Crippen LogP contribution in [0.1, 0.15) is 10.4 Å². The van der Waals surface area contributed by atoms with Crippen molar-refractivity contribution in [3.8, 4) is 5.75 Å². The van der Waals surface area contributed by atoms with Crippen LogP contribution < -0.4 is 0 Å². The summed E-state index contributed by atoms with van der Waals surface area (Å²) in [4.78, 5) is 10.7. The Morgan fingerprint density at radius 2 is 1.60 bits per heavy atom. The third-order valence-corrected chi connectivity index (χ3v) is 2.07. The third-order valence-electron chi connectivity index (χ3n) is 2.07. The van der Waals surface area contributed by atoms with Gasteiger partial charge in [0, 0.05) is 0 Å². The fraction of sp³-hybridized carbons (Fsp3) is 0. The minimum absolute atomic E-state index is 0. The number of aromatic hydroxyl groups is 1. The Labute approximate surface area is 129 Å². The average Bonchev–Trinajstić information content (AvgIpc) is 2.16.